The first-order chi connectivity index (χ1) is 37.1. The predicted octanol–water partition coefficient (Wildman–Crippen LogP) is 5.72. The minimum Gasteiger partial charge on any atom is -0.459 e. The van der Waals surface area contributed by atoms with E-state index in [1.807, 2.05) is 88.4 Å². The molecule has 6 atom stereocenters. The molecule has 0 bridgehead atoms. The number of nitro groups is 1. The molecule has 0 spiro atoms. The highest BCUT2D eigenvalue weighted by molar-refractivity contribution is 7.89. The lowest BCUT2D eigenvalue weighted by atomic mass is 10.0. The van der Waals surface area contributed by atoms with Crippen molar-refractivity contribution in [2.75, 3.05) is 72.1 Å². The van der Waals surface area contributed by atoms with Crippen LogP contribution in [-0.2, 0) is 66.1 Å². The molecule has 2 amide bonds. The molecule has 4 aromatic rings. The predicted molar refractivity (Wildman–Crippen MR) is 289 cm³/mol. The number of aliphatic hydroxyl groups excluding tert-OH is 1. The SMILES string of the molecule is CC(C)CN(CC(O)[C@H](Cc1ccccc1)NC(=O)OC1CCOC1)S(=O)(=O)c1ccc([N+](=O)[O-])cc1.COCCC(=O)O[C@H](CN(CC(C)C)S(=O)(=O)c1ccc(N)cc1)[C@H](Cc1ccccc1)NC(=O)O[C@H]1CCOC1. The van der Waals surface area contributed by atoms with Crippen molar-refractivity contribution in [2.45, 2.75) is 106 Å². The number of nitrogens with one attached hydrogen (secondary N) is 2. The number of carbonyl (C=O) groups excluding carboxylic acids is 3. The molecule has 2 heterocycles. The van der Waals surface area contributed by atoms with E-state index < -0.39 is 73.5 Å². The van der Waals surface area contributed by atoms with E-state index in [0.29, 0.717) is 45.0 Å². The van der Waals surface area contributed by atoms with Crippen LogP contribution in [0.5, 0.6) is 0 Å². The molecule has 0 aromatic heterocycles. The Morgan fingerprint density at radius 2 is 1.14 bits per heavy atom. The van der Waals surface area contributed by atoms with Crippen molar-refractivity contribution in [2.24, 2.45) is 11.8 Å². The van der Waals surface area contributed by atoms with Gasteiger partial charge in [-0.05, 0) is 72.2 Å². The quantitative estimate of drug-likeness (QED) is 0.0182. The van der Waals surface area contributed by atoms with Crippen molar-refractivity contribution in [3.05, 3.63) is 130 Å². The molecule has 0 aliphatic carbocycles. The zero-order valence-corrected chi connectivity index (χ0v) is 46.4. The van der Waals surface area contributed by atoms with Gasteiger partial charge in [-0.2, -0.15) is 8.61 Å². The third-order valence-electron chi connectivity index (χ3n) is 12.3. The Morgan fingerprint density at radius 1 is 0.692 bits per heavy atom. The number of sulfonamides is 2. The van der Waals surface area contributed by atoms with Crippen molar-refractivity contribution in [1.82, 2.24) is 19.2 Å². The smallest absolute Gasteiger partial charge is 0.407 e. The average Bonchev–Trinajstić information content (AvgIpc) is 4.13. The van der Waals surface area contributed by atoms with E-state index in [9.17, 15) is 46.4 Å². The number of carbonyl (C=O) groups is 3. The lowest BCUT2D eigenvalue weighted by molar-refractivity contribution is -0.384. The summed E-state index contributed by atoms with van der Waals surface area (Å²) >= 11 is 0. The zero-order chi connectivity index (χ0) is 56.8. The lowest BCUT2D eigenvalue weighted by Gasteiger charge is -2.33. The first-order valence-corrected chi connectivity index (χ1v) is 28.7. The standard InChI is InChI=1S/C29H41N3O8S.C25H33N3O8S/c1-21(2)18-32(41(35,36)25-11-9-23(30)10-12-25)19-27(40-28(33)14-15-37-3)26(17-22-7-5-4-6-8-22)31-29(34)39-24-13-16-38-20-24;1-18(2)15-27(37(33,34)22-10-8-20(9-11-22)28(31)32)16-24(29)23(14-19-6-4-3-5-7-19)26-25(30)36-21-12-13-35-17-21/h4-12,21,24,26-27H,13-20,30H2,1-3H3,(H,31,34);3-11,18,21,23-24,29H,12-17H2,1-2H3,(H,26,30)/t24-,26-,27+;21?,23-,24?/m00/s1. The number of nitrogens with zero attached hydrogens (tertiary/aromatic N) is 3. The number of amides is 2. The molecule has 428 valence electrons. The van der Waals surface area contributed by atoms with Crippen LogP contribution in [0.15, 0.2) is 119 Å². The molecule has 0 saturated carbocycles. The van der Waals surface area contributed by atoms with E-state index in [1.165, 1.54) is 47.8 Å². The van der Waals surface area contributed by atoms with Crippen LogP contribution in [0, 0.1) is 22.0 Å². The normalized spacial score (nSPS) is 17.2. The van der Waals surface area contributed by atoms with E-state index in [-0.39, 0.29) is 85.5 Å². The van der Waals surface area contributed by atoms with Gasteiger partial charge in [-0.25, -0.2) is 26.4 Å². The summed E-state index contributed by atoms with van der Waals surface area (Å²) in [5.41, 5.74) is 7.68. The molecule has 2 aliphatic rings. The molecule has 6 rings (SSSR count). The molecular weight excluding hydrogens is 1050 g/mol. The Balaban J connectivity index is 0.000000289. The number of ether oxygens (including phenoxy) is 6. The van der Waals surface area contributed by atoms with E-state index >= 15 is 0 Å². The van der Waals surface area contributed by atoms with Crippen LogP contribution in [0.25, 0.3) is 0 Å². The van der Waals surface area contributed by atoms with Gasteiger partial charge in [-0.15, -0.1) is 0 Å². The summed E-state index contributed by atoms with van der Waals surface area (Å²) in [6.45, 7) is 8.94. The number of hydrogen-bond acceptors (Lipinski definition) is 17. The van der Waals surface area contributed by atoms with Crippen molar-refractivity contribution in [1.29, 1.82) is 0 Å². The van der Waals surface area contributed by atoms with Gasteiger partial charge in [0.2, 0.25) is 20.0 Å². The highest BCUT2D eigenvalue weighted by atomic mass is 32.2. The second kappa shape index (κ2) is 30.8. The number of methoxy groups -OCH3 is 1. The van der Waals surface area contributed by atoms with E-state index in [0.717, 1.165) is 27.6 Å². The van der Waals surface area contributed by atoms with E-state index in [2.05, 4.69) is 10.6 Å². The molecule has 0 radical (unpaired) electrons. The summed E-state index contributed by atoms with van der Waals surface area (Å²) in [6.07, 6.45) is -2.89. The van der Waals surface area contributed by atoms with Gasteiger partial charge in [0.05, 0.1) is 78.9 Å². The summed E-state index contributed by atoms with van der Waals surface area (Å²) in [6, 6.07) is 27.4. The fraction of sp³-hybridized carbons (Fsp3) is 0.500. The summed E-state index contributed by atoms with van der Waals surface area (Å²) in [7, 11) is -6.64. The van der Waals surface area contributed by atoms with Gasteiger partial charge in [0.25, 0.3) is 5.69 Å². The number of hydrogen-bond donors (Lipinski definition) is 4. The minimum absolute atomic E-state index is 0.0379. The Kier molecular flexibility index (Phi) is 24.7. The monoisotopic (exact) mass is 1130 g/mol. The highest BCUT2D eigenvalue weighted by Gasteiger charge is 2.36. The Labute approximate surface area is 457 Å². The average molecular weight is 1130 g/mol. The van der Waals surface area contributed by atoms with Gasteiger partial charge in [-0.3, -0.25) is 14.9 Å². The van der Waals surface area contributed by atoms with E-state index in [4.69, 9.17) is 34.2 Å². The van der Waals surface area contributed by atoms with Crippen LogP contribution in [0.3, 0.4) is 0 Å². The van der Waals surface area contributed by atoms with Crippen LogP contribution in [-0.4, -0.2) is 156 Å². The number of nitro benzene ring substituents is 1. The van der Waals surface area contributed by atoms with Gasteiger partial charge >= 0.3 is 18.2 Å². The molecule has 2 aliphatic heterocycles. The van der Waals surface area contributed by atoms with Crippen molar-refractivity contribution < 1.29 is 69.7 Å². The summed E-state index contributed by atoms with van der Waals surface area (Å²) < 4.78 is 89.3. The molecule has 5 N–H and O–H groups in total. The van der Waals surface area contributed by atoms with Crippen molar-refractivity contribution >= 4 is 49.6 Å². The summed E-state index contributed by atoms with van der Waals surface area (Å²) in [4.78, 5) is 48.7. The van der Waals surface area contributed by atoms with Crippen LogP contribution in [0.4, 0.5) is 21.0 Å². The number of anilines is 1. The van der Waals surface area contributed by atoms with Crippen molar-refractivity contribution in [3.63, 3.8) is 0 Å². The zero-order valence-electron chi connectivity index (χ0n) is 44.7. The van der Waals surface area contributed by atoms with Gasteiger partial charge < -0.3 is 49.9 Å². The first kappa shape index (κ1) is 62.6. The topological polar surface area (TPSA) is 295 Å². The van der Waals surface area contributed by atoms with Gasteiger partial charge in [-0.1, -0.05) is 88.4 Å². The Morgan fingerprint density at radius 3 is 1.58 bits per heavy atom. The van der Waals surface area contributed by atoms with Crippen molar-refractivity contribution in [3.8, 4) is 0 Å². The Bertz CT molecular complexity index is 2710. The second-order valence-electron chi connectivity index (χ2n) is 19.8. The number of benzene rings is 4. The molecule has 22 nitrogen and oxygen atoms in total. The maximum Gasteiger partial charge on any atom is 0.407 e. The van der Waals surface area contributed by atoms with Crippen LogP contribution >= 0.6 is 0 Å². The largest absolute Gasteiger partial charge is 0.459 e. The molecule has 24 heteroatoms. The molecule has 78 heavy (non-hydrogen) atoms. The van der Waals surface area contributed by atoms with Crippen LogP contribution in [0.1, 0.15) is 58.1 Å². The Hall–Kier alpha value is -6.25. The fourth-order valence-electron chi connectivity index (χ4n) is 8.41. The van der Waals surface area contributed by atoms with Crippen LogP contribution in [0.2, 0.25) is 0 Å². The number of nitrogen functional groups attached to an aromatic ring is 1. The minimum atomic E-state index is -4.10. The third-order valence-corrected chi connectivity index (χ3v) is 16.0. The second-order valence-corrected chi connectivity index (χ2v) is 23.6. The van der Waals surface area contributed by atoms with Crippen LogP contribution < -0.4 is 16.4 Å². The number of aliphatic hydroxyl groups is 1. The fourth-order valence-corrected chi connectivity index (χ4v) is 11.6. The van der Waals surface area contributed by atoms with E-state index in [1.54, 1.807) is 0 Å². The highest BCUT2D eigenvalue weighted by Crippen LogP contribution is 2.24. The molecule has 2 fully saturated rings. The summed E-state index contributed by atoms with van der Waals surface area (Å²) in [5.74, 6) is -0.701. The molecule has 2 saturated heterocycles. The lowest BCUT2D eigenvalue weighted by Crippen LogP contribution is -2.53. The number of esters is 1. The molecule has 2 unspecified atom stereocenters. The van der Waals surface area contributed by atoms with Gasteiger partial charge in [0.15, 0.2) is 0 Å². The van der Waals surface area contributed by atoms with Gasteiger partial charge in [0.1, 0.15) is 18.3 Å². The number of non-ortho nitro benzene ring substituents is 1. The number of rotatable bonds is 27. The maximum atomic E-state index is 13.8. The number of nitrogens with two attached hydrogens (primary N) is 1. The molecule has 4 aromatic carbocycles. The molecular formula is C54H74N6O16S2. The van der Waals surface area contributed by atoms with Gasteiger partial charge in [0, 0.05) is 57.4 Å². The maximum absolute atomic E-state index is 13.8. The number of alkyl carbamates (subject to hydrolysis) is 2. The third kappa shape index (κ3) is 20.2. The summed E-state index contributed by atoms with van der Waals surface area (Å²) in [5, 5.41) is 27.7. The first-order valence-electron chi connectivity index (χ1n) is 25.8.